The Morgan fingerprint density at radius 1 is 0.889 bits per heavy atom. The Kier molecular flexibility index (Phi) is 8.00. The standard InChI is InChI=1S/C41H44N4/c1-9-32-23-41(32,8)38-17-15-29(34-13-11-10-12-30(34)24-42)20-37(38)40-43-18-19-45(40)39-35(25(2)3)21-31(22-36(39)26(4)5)33-16-14-27(6)44-28(33)7/h10-22,25-26,32H,9,23H2,1-8H3/t32-,41?/m0/s1. The molecule has 1 saturated carbocycles. The lowest BCUT2D eigenvalue weighted by molar-refractivity contribution is 0.643. The summed E-state index contributed by atoms with van der Waals surface area (Å²) in [6.45, 7) is 18.0. The Morgan fingerprint density at radius 3 is 2.22 bits per heavy atom. The molecule has 1 aliphatic carbocycles. The fourth-order valence-electron chi connectivity index (χ4n) is 7.27. The summed E-state index contributed by atoms with van der Waals surface area (Å²) in [6.07, 6.45) is 6.41. The molecule has 2 atom stereocenters. The van der Waals surface area contributed by atoms with E-state index in [1.165, 1.54) is 39.9 Å². The molecular formula is C41H44N4. The highest BCUT2D eigenvalue weighted by Crippen LogP contribution is 2.58. The van der Waals surface area contributed by atoms with Crippen LogP contribution < -0.4 is 0 Å². The fraction of sp³-hybridized carbons (Fsp3) is 0.341. The van der Waals surface area contributed by atoms with Crippen LogP contribution in [0.2, 0.25) is 0 Å². The van der Waals surface area contributed by atoms with Gasteiger partial charge in [-0.1, -0.05) is 84.4 Å². The van der Waals surface area contributed by atoms with Gasteiger partial charge in [0.1, 0.15) is 5.82 Å². The van der Waals surface area contributed by atoms with Crippen molar-refractivity contribution in [1.82, 2.24) is 14.5 Å². The average Bonchev–Trinajstić information content (AvgIpc) is 3.46. The van der Waals surface area contributed by atoms with Gasteiger partial charge in [-0.25, -0.2) is 4.98 Å². The summed E-state index contributed by atoms with van der Waals surface area (Å²) in [5, 5.41) is 9.92. The summed E-state index contributed by atoms with van der Waals surface area (Å²) in [6, 6.07) is 26.1. The van der Waals surface area contributed by atoms with E-state index in [0.717, 1.165) is 40.3 Å². The molecule has 0 bridgehead atoms. The van der Waals surface area contributed by atoms with Crippen LogP contribution in [0, 0.1) is 31.1 Å². The monoisotopic (exact) mass is 592 g/mol. The van der Waals surface area contributed by atoms with Crippen LogP contribution in [0.4, 0.5) is 0 Å². The molecule has 0 radical (unpaired) electrons. The van der Waals surface area contributed by atoms with Gasteiger partial charge in [-0.3, -0.25) is 9.55 Å². The molecule has 1 unspecified atom stereocenters. The van der Waals surface area contributed by atoms with Crippen LogP contribution in [0.25, 0.3) is 39.3 Å². The van der Waals surface area contributed by atoms with Crippen molar-refractivity contribution in [3.8, 4) is 45.4 Å². The summed E-state index contributed by atoms with van der Waals surface area (Å²) in [7, 11) is 0. The topological polar surface area (TPSA) is 54.5 Å². The van der Waals surface area contributed by atoms with Gasteiger partial charge in [0.25, 0.3) is 0 Å². The third-order valence-electron chi connectivity index (χ3n) is 9.97. The molecule has 2 heterocycles. The van der Waals surface area contributed by atoms with Crippen LogP contribution in [0.1, 0.15) is 99.9 Å². The highest BCUT2D eigenvalue weighted by molar-refractivity contribution is 5.79. The first-order valence-corrected chi connectivity index (χ1v) is 16.4. The van der Waals surface area contributed by atoms with Crippen molar-refractivity contribution >= 4 is 0 Å². The highest BCUT2D eigenvalue weighted by atomic mass is 15.1. The smallest absolute Gasteiger partial charge is 0.144 e. The first kappa shape index (κ1) is 30.5. The summed E-state index contributed by atoms with van der Waals surface area (Å²) < 4.78 is 2.33. The van der Waals surface area contributed by atoms with E-state index in [4.69, 9.17) is 9.97 Å². The first-order valence-electron chi connectivity index (χ1n) is 16.4. The number of aromatic nitrogens is 3. The van der Waals surface area contributed by atoms with Gasteiger partial charge in [-0.2, -0.15) is 5.26 Å². The van der Waals surface area contributed by atoms with Crippen molar-refractivity contribution < 1.29 is 0 Å². The van der Waals surface area contributed by atoms with Crippen LogP contribution in [0.5, 0.6) is 0 Å². The minimum Gasteiger partial charge on any atom is -0.299 e. The number of hydrogen-bond acceptors (Lipinski definition) is 3. The molecular weight excluding hydrogens is 548 g/mol. The molecule has 0 N–H and O–H groups in total. The van der Waals surface area contributed by atoms with Gasteiger partial charge in [0.15, 0.2) is 0 Å². The van der Waals surface area contributed by atoms with Crippen LogP contribution in [0.15, 0.2) is 79.1 Å². The van der Waals surface area contributed by atoms with E-state index in [2.05, 4.69) is 108 Å². The Bertz CT molecular complexity index is 1910. The normalized spacial score (nSPS) is 17.6. The molecule has 3 aromatic carbocycles. The molecule has 5 aromatic rings. The molecule has 0 spiro atoms. The van der Waals surface area contributed by atoms with Crippen molar-refractivity contribution in [3.63, 3.8) is 0 Å². The van der Waals surface area contributed by atoms with Crippen molar-refractivity contribution in [2.45, 2.75) is 85.5 Å². The summed E-state index contributed by atoms with van der Waals surface area (Å²) in [5.74, 6) is 2.20. The summed E-state index contributed by atoms with van der Waals surface area (Å²) in [5.41, 5.74) is 13.6. The number of rotatable bonds is 8. The second-order valence-corrected chi connectivity index (χ2v) is 13.7. The van der Waals surface area contributed by atoms with Gasteiger partial charge >= 0.3 is 0 Å². The zero-order chi connectivity index (χ0) is 32.0. The molecule has 45 heavy (non-hydrogen) atoms. The minimum absolute atomic E-state index is 0.107. The van der Waals surface area contributed by atoms with Gasteiger partial charge in [0.05, 0.1) is 17.3 Å². The van der Waals surface area contributed by atoms with Gasteiger partial charge in [0.2, 0.25) is 0 Å². The van der Waals surface area contributed by atoms with Gasteiger partial charge in [-0.05, 0) is 107 Å². The van der Waals surface area contributed by atoms with E-state index in [0.29, 0.717) is 23.3 Å². The predicted octanol–water partition coefficient (Wildman–Crippen LogP) is 10.7. The number of pyridine rings is 1. The maximum absolute atomic E-state index is 9.92. The SMILES string of the molecule is CC[C@H]1CC1(C)c1ccc(-c2ccccc2C#N)cc1-c1nccn1-c1c(C(C)C)cc(-c2ccc(C)nc2C)cc1C(C)C. The fourth-order valence-corrected chi connectivity index (χ4v) is 7.27. The lowest BCUT2D eigenvalue weighted by atomic mass is 9.86. The third kappa shape index (κ3) is 5.39. The molecule has 1 fully saturated rings. The lowest BCUT2D eigenvalue weighted by Crippen LogP contribution is -2.12. The van der Waals surface area contributed by atoms with Crippen molar-refractivity contribution in [1.29, 1.82) is 5.26 Å². The molecule has 6 rings (SSSR count). The lowest BCUT2D eigenvalue weighted by Gasteiger charge is -2.25. The van der Waals surface area contributed by atoms with Gasteiger partial charge < -0.3 is 0 Å². The maximum Gasteiger partial charge on any atom is 0.144 e. The number of aryl methyl sites for hydroxylation is 2. The number of nitriles is 1. The number of nitrogens with zero attached hydrogens (tertiary/aromatic N) is 4. The number of benzene rings is 3. The maximum atomic E-state index is 9.92. The second-order valence-electron chi connectivity index (χ2n) is 13.7. The van der Waals surface area contributed by atoms with Crippen LogP contribution in [0.3, 0.4) is 0 Å². The quantitative estimate of drug-likeness (QED) is 0.180. The summed E-state index contributed by atoms with van der Waals surface area (Å²) >= 11 is 0. The molecule has 1 aliphatic rings. The minimum atomic E-state index is 0.107. The molecule has 0 aliphatic heterocycles. The molecule has 0 saturated heterocycles. The molecule has 0 amide bonds. The van der Waals surface area contributed by atoms with Gasteiger partial charge in [-0.15, -0.1) is 0 Å². The van der Waals surface area contributed by atoms with Crippen LogP contribution in [-0.2, 0) is 5.41 Å². The largest absolute Gasteiger partial charge is 0.299 e. The van der Waals surface area contributed by atoms with Crippen molar-refractivity contribution in [3.05, 3.63) is 113 Å². The van der Waals surface area contributed by atoms with E-state index in [-0.39, 0.29) is 5.41 Å². The van der Waals surface area contributed by atoms with Gasteiger partial charge in [0, 0.05) is 34.9 Å². The highest BCUT2D eigenvalue weighted by Gasteiger charge is 2.51. The Labute approximate surface area is 268 Å². The van der Waals surface area contributed by atoms with E-state index in [1.54, 1.807) is 0 Å². The predicted molar refractivity (Wildman–Crippen MR) is 186 cm³/mol. The Hall–Kier alpha value is -4.49. The van der Waals surface area contributed by atoms with E-state index >= 15 is 0 Å². The van der Waals surface area contributed by atoms with Crippen molar-refractivity contribution in [2.75, 3.05) is 0 Å². The molecule has 4 nitrogen and oxygen atoms in total. The average molecular weight is 593 g/mol. The molecule has 2 aromatic heterocycles. The Balaban J connectivity index is 1.61. The van der Waals surface area contributed by atoms with E-state index in [1.807, 2.05) is 37.4 Å². The van der Waals surface area contributed by atoms with Crippen LogP contribution in [-0.4, -0.2) is 14.5 Å². The first-order chi connectivity index (χ1) is 21.6. The van der Waals surface area contributed by atoms with Crippen LogP contribution >= 0.6 is 0 Å². The second kappa shape index (κ2) is 11.8. The molecule has 228 valence electrons. The Morgan fingerprint density at radius 2 is 1.60 bits per heavy atom. The van der Waals surface area contributed by atoms with Crippen molar-refractivity contribution in [2.24, 2.45) is 5.92 Å². The number of hydrogen-bond donors (Lipinski definition) is 0. The molecule has 4 heteroatoms. The third-order valence-corrected chi connectivity index (χ3v) is 9.97. The number of imidazole rings is 1. The van der Waals surface area contributed by atoms with E-state index < -0.39 is 0 Å². The zero-order valence-electron chi connectivity index (χ0n) is 27.9. The summed E-state index contributed by atoms with van der Waals surface area (Å²) in [4.78, 5) is 9.87. The van der Waals surface area contributed by atoms with E-state index in [9.17, 15) is 5.26 Å². The zero-order valence-corrected chi connectivity index (χ0v) is 27.9.